The lowest BCUT2D eigenvalue weighted by molar-refractivity contribution is -0.121. The molecule has 4 rings (SSSR count). The molecule has 2 aromatic carbocycles. The Bertz CT molecular complexity index is 1060. The molecule has 2 heterocycles. The van der Waals surface area contributed by atoms with Gasteiger partial charge in [0, 0.05) is 36.8 Å². The number of thioether (sulfide) groups is 1. The SMILES string of the molecule is Cc1ccc(N=C2S/C(=C/c3cn(C)c4ccccc34)C(=O)N2C)cc1. The first-order chi connectivity index (χ1) is 12.5. The van der Waals surface area contributed by atoms with Gasteiger partial charge in [-0.25, -0.2) is 4.99 Å². The molecule has 0 spiro atoms. The normalized spacial score (nSPS) is 17.8. The number of aryl methyl sites for hydroxylation is 2. The Morgan fingerprint density at radius 2 is 1.77 bits per heavy atom. The fourth-order valence-corrected chi connectivity index (χ4v) is 3.99. The molecule has 1 aliphatic rings. The minimum absolute atomic E-state index is 0.0196. The zero-order valence-corrected chi connectivity index (χ0v) is 15.7. The summed E-state index contributed by atoms with van der Waals surface area (Å²) in [4.78, 5) is 19.6. The highest BCUT2D eigenvalue weighted by Crippen LogP contribution is 2.34. The molecule has 5 heteroatoms. The van der Waals surface area contributed by atoms with Crippen molar-refractivity contribution in [1.82, 2.24) is 9.47 Å². The third kappa shape index (κ3) is 2.95. The van der Waals surface area contributed by atoms with Crippen LogP contribution in [0.15, 0.2) is 64.6 Å². The van der Waals surface area contributed by atoms with E-state index in [1.807, 2.05) is 56.4 Å². The maximum Gasteiger partial charge on any atom is 0.266 e. The van der Waals surface area contributed by atoms with Gasteiger partial charge in [-0.2, -0.15) is 0 Å². The van der Waals surface area contributed by atoms with Gasteiger partial charge >= 0.3 is 0 Å². The molecule has 0 radical (unpaired) electrons. The molecule has 1 fully saturated rings. The fraction of sp³-hybridized carbons (Fsp3) is 0.143. The van der Waals surface area contributed by atoms with E-state index in [0.717, 1.165) is 22.2 Å². The van der Waals surface area contributed by atoms with Gasteiger partial charge in [-0.05, 0) is 43.0 Å². The Balaban J connectivity index is 1.70. The molecule has 3 aromatic rings. The van der Waals surface area contributed by atoms with E-state index in [1.54, 1.807) is 11.9 Å². The summed E-state index contributed by atoms with van der Waals surface area (Å²) in [5.74, 6) is -0.0196. The number of aliphatic imine (C=N–C) groups is 1. The number of amides is 1. The minimum atomic E-state index is -0.0196. The van der Waals surface area contributed by atoms with Crippen molar-refractivity contribution in [3.8, 4) is 0 Å². The van der Waals surface area contributed by atoms with Gasteiger partial charge in [0.15, 0.2) is 5.17 Å². The van der Waals surface area contributed by atoms with E-state index in [9.17, 15) is 4.79 Å². The van der Waals surface area contributed by atoms with Crippen LogP contribution in [0.25, 0.3) is 17.0 Å². The first-order valence-corrected chi connectivity index (χ1v) is 9.21. The van der Waals surface area contributed by atoms with Crippen molar-refractivity contribution >= 4 is 45.5 Å². The van der Waals surface area contributed by atoms with E-state index >= 15 is 0 Å². The van der Waals surface area contributed by atoms with Gasteiger partial charge in [-0.1, -0.05) is 35.9 Å². The summed E-state index contributed by atoms with van der Waals surface area (Å²) in [6.45, 7) is 2.04. The average Bonchev–Trinajstić information content (AvgIpc) is 3.10. The number of amidine groups is 1. The maximum atomic E-state index is 12.7. The van der Waals surface area contributed by atoms with Crippen molar-refractivity contribution in [2.45, 2.75) is 6.92 Å². The van der Waals surface area contributed by atoms with E-state index in [1.165, 1.54) is 17.3 Å². The van der Waals surface area contributed by atoms with Crippen LogP contribution in [0.4, 0.5) is 5.69 Å². The predicted molar refractivity (Wildman–Crippen MR) is 110 cm³/mol. The topological polar surface area (TPSA) is 37.6 Å². The van der Waals surface area contributed by atoms with E-state index in [0.29, 0.717) is 10.1 Å². The Labute approximate surface area is 156 Å². The molecule has 4 nitrogen and oxygen atoms in total. The molecular weight excluding hydrogens is 342 g/mol. The summed E-state index contributed by atoms with van der Waals surface area (Å²) in [6.07, 6.45) is 4.02. The predicted octanol–water partition coefficient (Wildman–Crippen LogP) is 4.72. The van der Waals surface area contributed by atoms with Crippen LogP contribution in [0.5, 0.6) is 0 Å². The summed E-state index contributed by atoms with van der Waals surface area (Å²) in [7, 11) is 3.79. The Hall–Kier alpha value is -2.79. The molecule has 0 N–H and O–H groups in total. The zero-order valence-electron chi connectivity index (χ0n) is 14.9. The third-order valence-corrected chi connectivity index (χ3v) is 5.54. The second kappa shape index (κ2) is 6.50. The number of carbonyl (C=O) groups excluding carboxylic acids is 1. The van der Waals surface area contributed by atoms with Crippen LogP contribution < -0.4 is 0 Å². The highest BCUT2D eigenvalue weighted by Gasteiger charge is 2.30. The second-order valence-corrected chi connectivity index (χ2v) is 7.43. The molecule has 1 aromatic heterocycles. The number of fused-ring (bicyclic) bond motifs is 1. The van der Waals surface area contributed by atoms with Gasteiger partial charge in [0.1, 0.15) is 0 Å². The van der Waals surface area contributed by atoms with Gasteiger partial charge in [-0.15, -0.1) is 0 Å². The van der Waals surface area contributed by atoms with Crippen LogP contribution in [0.2, 0.25) is 0 Å². The Kier molecular flexibility index (Phi) is 4.17. The van der Waals surface area contributed by atoms with Crippen LogP contribution in [-0.2, 0) is 11.8 Å². The van der Waals surface area contributed by atoms with Gasteiger partial charge in [0.2, 0.25) is 0 Å². The fourth-order valence-electron chi connectivity index (χ4n) is 3.01. The quantitative estimate of drug-likeness (QED) is 0.619. The van der Waals surface area contributed by atoms with E-state index in [-0.39, 0.29) is 5.91 Å². The minimum Gasteiger partial charge on any atom is -0.350 e. The Morgan fingerprint density at radius 3 is 2.54 bits per heavy atom. The molecule has 1 aliphatic heterocycles. The molecule has 0 saturated carbocycles. The van der Waals surface area contributed by atoms with E-state index < -0.39 is 0 Å². The first kappa shape index (κ1) is 16.7. The average molecular weight is 361 g/mol. The summed E-state index contributed by atoms with van der Waals surface area (Å²) < 4.78 is 2.08. The number of carbonyl (C=O) groups is 1. The number of hydrogen-bond donors (Lipinski definition) is 0. The summed E-state index contributed by atoms with van der Waals surface area (Å²) in [6, 6.07) is 16.2. The number of likely N-dealkylation sites (N-methyl/N-ethyl adjacent to an activating group) is 1. The van der Waals surface area contributed by atoms with Gasteiger partial charge in [0.25, 0.3) is 5.91 Å². The molecule has 26 heavy (non-hydrogen) atoms. The molecule has 1 saturated heterocycles. The van der Waals surface area contributed by atoms with Crippen molar-refractivity contribution in [1.29, 1.82) is 0 Å². The largest absolute Gasteiger partial charge is 0.350 e. The molecule has 0 unspecified atom stereocenters. The van der Waals surface area contributed by atoms with E-state index in [2.05, 4.69) is 27.9 Å². The molecule has 0 bridgehead atoms. The monoisotopic (exact) mass is 361 g/mol. The van der Waals surface area contributed by atoms with Crippen molar-refractivity contribution in [2.24, 2.45) is 12.0 Å². The molecule has 0 aliphatic carbocycles. The molecule has 130 valence electrons. The summed E-state index contributed by atoms with van der Waals surface area (Å²) >= 11 is 1.42. The van der Waals surface area contributed by atoms with Crippen LogP contribution in [0.3, 0.4) is 0 Å². The smallest absolute Gasteiger partial charge is 0.266 e. The van der Waals surface area contributed by atoms with Crippen molar-refractivity contribution in [2.75, 3.05) is 7.05 Å². The summed E-state index contributed by atoms with van der Waals surface area (Å²) in [5.41, 5.74) is 4.23. The van der Waals surface area contributed by atoms with Crippen molar-refractivity contribution < 1.29 is 4.79 Å². The second-order valence-electron chi connectivity index (χ2n) is 6.42. The first-order valence-electron chi connectivity index (χ1n) is 8.40. The van der Waals surface area contributed by atoms with Gasteiger partial charge in [0.05, 0.1) is 10.6 Å². The molecule has 0 atom stereocenters. The lowest BCUT2D eigenvalue weighted by Crippen LogP contribution is -2.23. The number of aromatic nitrogens is 1. The highest BCUT2D eigenvalue weighted by atomic mass is 32.2. The van der Waals surface area contributed by atoms with Crippen LogP contribution in [0.1, 0.15) is 11.1 Å². The van der Waals surface area contributed by atoms with Crippen molar-refractivity contribution in [3.05, 3.63) is 70.8 Å². The standard InChI is InChI=1S/C21H19N3OS/c1-14-8-10-16(11-9-14)22-21-24(3)20(25)19(26-21)12-15-13-23(2)18-7-5-4-6-17(15)18/h4-13H,1-3H3/b19-12+,22-21?. The van der Waals surface area contributed by atoms with Crippen LogP contribution >= 0.6 is 11.8 Å². The lowest BCUT2D eigenvalue weighted by Gasteiger charge is -2.07. The highest BCUT2D eigenvalue weighted by molar-refractivity contribution is 8.18. The number of hydrogen-bond acceptors (Lipinski definition) is 3. The van der Waals surface area contributed by atoms with Gasteiger partial charge < -0.3 is 4.57 Å². The number of benzene rings is 2. The van der Waals surface area contributed by atoms with Crippen molar-refractivity contribution in [3.63, 3.8) is 0 Å². The number of para-hydroxylation sites is 1. The molecule has 1 amide bonds. The lowest BCUT2D eigenvalue weighted by atomic mass is 10.1. The number of rotatable bonds is 2. The van der Waals surface area contributed by atoms with Gasteiger partial charge in [-0.3, -0.25) is 9.69 Å². The van der Waals surface area contributed by atoms with Crippen LogP contribution in [-0.4, -0.2) is 27.6 Å². The maximum absolute atomic E-state index is 12.7. The Morgan fingerprint density at radius 1 is 1.04 bits per heavy atom. The van der Waals surface area contributed by atoms with Crippen LogP contribution in [0, 0.1) is 6.92 Å². The number of nitrogens with zero attached hydrogens (tertiary/aromatic N) is 3. The third-order valence-electron chi connectivity index (χ3n) is 4.48. The molecular formula is C21H19N3OS. The zero-order chi connectivity index (χ0) is 18.3. The van der Waals surface area contributed by atoms with E-state index in [4.69, 9.17) is 0 Å². The summed E-state index contributed by atoms with van der Waals surface area (Å²) in [5, 5.41) is 1.84.